The van der Waals surface area contributed by atoms with Crippen LogP contribution in [0, 0.1) is 13.8 Å². The van der Waals surface area contributed by atoms with Gasteiger partial charge in [0.1, 0.15) is 11.5 Å². The Balaban J connectivity index is 2.38. The van der Waals surface area contributed by atoms with Gasteiger partial charge in [-0.05, 0) is 49.2 Å². The molecule has 0 radical (unpaired) electrons. The highest BCUT2D eigenvalue weighted by Gasteiger charge is 2.06. The molecule has 0 spiro atoms. The van der Waals surface area contributed by atoms with Crippen molar-refractivity contribution in [2.24, 2.45) is 0 Å². The van der Waals surface area contributed by atoms with Gasteiger partial charge in [0, 0.05) is 0 Å². The van der Waals surface area contributed by atoms with Gasteiger partial charge in [-0.2, -0.15) is 0 Å². The van der Waals surface area contributed by atoms with E-state index in [0.717, 1.165) is 23.2 Å². The van der Waals surface area contributed by atoms with E-state index in [2.05, 4.69) is 0 Å². The second-order valence-corrected chi connectivity index (χ2v) is 4.01. The summed E-state index contributed by atoms with van der Waals surface area (Å²) in [6.45, 7) is 3.98. The van der Waals surface area contributed by atoms with Gasteiger partial charge in [0.25, 0.3) is 0 Å². The molecule has 2 heteroatoms. The molecular weight excluding hydrogens is 212 g/mol. The highest BCUT2D eigenvalue weighted by atomic mass is 16.5. The molecule has 0 aliphatic rings. The van der Waals surface area contributed by atoms with Crippen LogP contribution in [-0.4, -0.2) is 6.29 Å². The zero-order valence-corrected chi connectivity index (χ0v) is 9.94. The Morgan fingerprint density at radius 3 is 2.29 bits per heavy atom. The molecule has 0 aliphatic carbocycles. The summed E-state index contributed by atoms with van der Waals surface area (Å²) in [4.78, 5) is 11.0. The van der Waals surface area contributed by atoms with Gasteiger partial charge in [-0.1, -0.05) is 18.2 Å². The lowest BCUT2D eigenvalue weighted by Crippen LogP contribution is -1.93. The molecule has 86 valence electrons. The fourth-order valence-corrected chi connectivity index (χ4v) is 1.61. The number of carbonyl (C=O) groups is 1. The Morgan fingerprint density at radius 2 is 1.65 bits per heavy atom. The number of rotatable bonds is 3. The summed E-state index contributed by atoms with van der Waals surface area (Å²) in [5.41, 5.74) is 2.78. The van der Waals surface area contributed by atoms with Crippen molar-refractivity contribution in [2.45, 2.75) is 13.8 Å². The number of benzene rings is 2. The number of aryl methyl sites for hydroxylation is 2. The van der Waals surface area contributed by atoms with Crippen LogP contribution in [0.15, 0.2) is 42.5 Å². The summed E-state index contributed by atoms with van der Waals surface area (Å²) in [5, 5.41) is 0. The molecule has 0 unspecified atom stereocenters. The molecule has 0 saturated carbocycles. The highest BCUT2D eigenvalue weighted by molar-refractivity contribution is 5.80. The quantitative estimate of drug-likeness (QED) is 0.742. The van der Waals surface area contributed by atoms with Crippen LogP contribution in [0.1, 0.15) is 21.5 Å². The van der Waals surface area contributed by atoms with Crippen LogP contribution in [-0.2, 0) is 0 Å². The average Bonchev–Trinajstić information content (AvgIpc) is 2.35. The fraction of sp³-hybridized carbons (Fsp3) is 0.133. The van der Waals surface area contributed by atoms with Crippen LogP contribution in [0.2, 0.25) is 0 Å². The Kier molecular flexibility index (Phi) is 3.24. The monoisotopic (exact) mass is 226 g/mol. The van der Waals surface area contributed by atoms with Crippen molar-refractivity contribution in [2.75, 3.05) is 0 Å². The summed E-state index contributed by atoms with van der Waals surface area (Å²) in [7, 11) is 0. The second-order valence-electron chi connectivity index (χ2n) is 4.01. The van der Waals surface area contributed by atoms with Gasteiger partial charge in [-0.25, -0.2) is 0 Å². The van der Waals surface area contributed by atoms with Gasteiger partial charge in [0.15, 0.2) is 6.29 Å². The van der Waals surface area contributed by atoms with E-state index >= 15 is 0 Å². The van der Waals surface area contributed by atoms with E-state index < -0.39 is 0 Å². The standard InChI is InChI=1S/C15H14O2/c1-11-8-13(10-16)15(9-12(11)2)17-14-6-4-3-5-7-14/h3-10H,1-2H3. The summed E-state index contributed by atoms with van der Waals surface area (Å²) in [5.74, 6) is 1.34. The van der Waals surface area contributed by atoms with Crippen molar-refractivity contribution in [1.29, 1.82) is 0 Å². The highest BCUT2D eigenvalue weighted by Crippen LogP contribution is 2.27. The van der Waals surface area contributed by atoms with E-state index in [1.807, 2.05) is 56.3 Å². The number of aldehydes is 1. The Labute approximate surface area is 101 Å². The zero-order valence-electron chi connectivity index (χ0n) is 9.94. The molecule has 0 bridgehead atoms. The summed E-state index contributed by atoms with van der Waals surface area (Å²) < 4.78 is 5.70. The third kappa shape index (κ3) is 2.53. The molecule has 0 aromatic heterocycles. The largest absolute Gasteiger partial charge is 0.457 e. The number of para-hydroxylation sites is 1. The molecule has 2 nitrogen and oxygen atoms in total. The maximum absolute atomic E-state index is 11.0. The first-order chi connectivity index (χ1) is 8.20. The van der Waals surface area contributed by atoms with Crippen LogP contribution in [0.5, 0.6) is 11.5 Å². The maximum atomic E-state index is 11.0. The first kappa shape index (κ1) is 11.4. The molecule has 2 rings (SSSR count). The van der Waals surface area contributed by atoms with Crippen molar-refractivity contribution < 1.29 is 9.53 Å². The predicted molar refractivity (Wildman–Crippen MR) is 67.8 cm³/mol. The first-order valence-corrected chi connectivity index (χ1v) is 5.50. The Hall–Kier alpha value is -2.09. The molecule has 0 atom stereocenters. The Morgan fingerprint density at radius 1 is 1.00 bits per heavy atom. The normalized spacial score (nSPS) is 10.0. The van der Waals surface area contributed by atoms with E-state index in [9.17, 15) is 4.79 Å². The molecular formula is C15H14O2. The van der Waals surface area contributed by atoms with Gasteiger partial charge < -0.3 is 4.74 Å². The van der Waals surface area contributed by atoms with E-state index in [-0.39, 0.29) is 0 Å². The Bertz CT molecular complexity index is 530. The number of carbonyl (C=O) groups excluding carboxylic acids is 1. The van der Waals surface area contributed by atoms with Gasteiger partial charge in [0.2, 0.25) is 0 Å². The number of ether oxygens (including phenoxy) is 1. The second kappa shape index (κ2) is 4.83. The van der Waals surface area contributed by atoms with Gasteiger partial charge in [0.05, 0.1) is 5.56 Å². The van der Waals surface area contributed by atoms with Gasteiger partial charge in [-0.3, -0.25) is 4.79 Å². The van der Waals surface area contributed by atoms with Crippen LogP contribution < -0.4 is 4.74 Å². The third-order valence-electron chi connectivity index (χ3n) is 2.72. The molecule has 0 amide bonds. The van der Waals surface area contributed by atoms with Crippen molar-refractivity contribution in [3.8, 4) is 11.5 Å². The van der Waals surface area contributed by atoms with E-state index in [1.54, 1.807) is 0 Å². The zero-order chi connectivity index (χ0) is 12.3. The van der Waals surface area contributed by atoms with Crippen molar-refractivity contribution >= 4 is 6.29 Å². The van der Waals surface area contributed by atoms with E-state index in [0.29, 0.717) is 11.3 Å². The molecule has 2 aromatic carbocycles. The average molecular weight is 226 g/mol. The minimum absolute atomic E-state index is 0.581. The van der Waals surface area contributed by atoms with Crippen LogP contribution in [0.4, 0.5) is 0 Å². The van der Waals surface area contributed by atoms with Crippen molar-refractivity contribution in [1.82, 2.24) is 0 Å². The summed E-state index contributed by atoms with van der Waals surface area (Å²) in [6.07, 6.45) is 0.824. The smallest absolute Gasteiger partial charge is 0.153 e. The molecule has 0 fully saturated rings. The van der Waals surface area contributed by atoms with E-state index in [4.69, 9.17) is 4.74 Å². The summed E-state index contributed by atoms with van der Waals surface area (Å²) in [6, 6.07) is 13.2. The van der Waals surface area contributed by atoms with Crippen LogP contribution >= 0.6 is 0 Å². The molecule has 0 heterocycles. The minimum atomic E-state index is 0.581. The SMILES string of the molecule is Cc1cc(C=O)c(Oc2ccccc2)cc1C. The van der Waals surface area contributed by atoms with Crippen molar-refractivity contribution in [3.63, 3.8) is 0 Å². The lowest BCUT2D eigenvalue weighted by atomic mass is 10.1. The number of hydrogen-bond donors (Lipinski definition) is 0. The lowest BCUT2D eigenvalue weighted by molar-refractivity contribution is 0.112. The topological polar surface area (TPSA) is 26.3 Å². The molecule has 17 heavy (non-hydrogen) atoms. The maximum Gasteiger partial charge on any atom is 0.153 e. The first-order valence-electron chi connectivity index (χ1n) is 5.50. The van der Waals surface area contributed by atoms with Gasteiger partial charge >= 0.3 is 0 Å². The number of hydrogen-bond acceptors (Lipinski definition) is 2. The fourth-order valence-electron chi connectivity index (χ4n) is 1.61. The minimum Gasteiger partial charge on any atom is -0.457 e. The van der Waals surface area contributed by atoms with Crippen LogP contribution in [0.25, 0.3) is 0 Å². The van der Waals surface area contributed by atoms with Gasteiger partial charge in [-0.15, -0.1) is 0 Å². The van der Waals surface area contributed by atoms with Crippen molar-refractivity contribution in [3.05, 3.63) is 59.2 Å². The molecule has 0 saturated heterocycles. The third-order valence-corrected chi connectivity index (χ3v) is 2.72. The lowest BCUT2D eigenvalue weighted by Gasteiger charge is -2.10. The predicted octanol–water partition coefficient (Wildman–Crippen LogP) is 3.91. The van der Waals surface area contributed by atoms with Crippen LogP contribution in [0.3, 0.4) is 0 Å². The molecule has 2 aromatic rings. The molecule has 0 N–H and O–H groups in total. The van der Waals surface area contributed by atoms with E-state index in [1.165, 1.54) is 0 Å². The summed E-state index contributed by atoms with van der Waals surface area (Å²) >= 11 is 0. The molecule has 0 aliphatic heterocycles.